The third kappa shape index (κ3) is 0.408. The van der Waals surface area contributed by atoms with Crippen LogP contribution in [-0.4, -0.2) is 0 Å². The van der Waals surface area contributed by atoms with Crippen molar-refractivity contribution >= 4 is 0 Å². The van der Waals surface area contributed by atoms with Crippen LogP contribution in [0.2, 0.25) is 0 Å². The molecule has 0 nitrogen and oxygen atoms in total. The summed E-state index contributed by atoms with van der Waals surface area (Å²) in [4.78, 5) is 0. The molecule has 0 heterocycles. The lowest BCUT2D eigenvalue weighted by atomic mass is 9.36. The molecular formula is C10H16. The zero-order chi connectivity index (χ0) is 6.72. The maximum Gasteiger partial charge on any atom is -0.0323 e. The third-order valence-electron chi connectivity index (χ3n) is 4.57. The Balaban J connectivity index is 1.72. The van der Waals surface area contributed by atoms with E-state index in [1.165, 1.54) is 30.1 Å². The second kappa shape index (κ2) is 1.60. The summed E-state index contributed by atoms with van der Waals surface area (Å²) in [5.41, 5.74) is 0. The van der Waals surface area contributed by atoms with Crippen LogP contribution in [-0.2, 0) is 0 Å². The average molecular weight is 136 g/mol. The minimum Gasteiger partial charge on any atom is -0.0651 e. The predicted molar refractivity (Wildman–Crippen MR) is 41.6 cm³/mol. The summed E-state index contributed by atoms with van der Waals surface area (Å²) in [6, 6.07) is 0. The molecule has 0 amide bonds. The van der Waals surface area contributed by atoms with E-state index < -0.39 is 0 Å². The Morgan fingerprint density at radius 2 is 1.90 bits per heavy atom. The van der Waals surface area contributed by atoms with Crippen LogP contribution in [0.4, 0.5) is 0 Å². The Morgan fingerprint density at radius 3 is 2.40 bits per heavy atom. The molecule has 3 rings (SSSR count). The first kappa shape index (κ1) is 5.62. The van der Waals surface area contributed by atoms with Crippen LogP contribution in [0, 0.1) is 29.6 Å². The summed E-state index contributed by atoms with van der Waals surface area (Å²) in [5, 5.41) is 0. The van der Waals surface area contributed by atoms with E-state index in [0.29, 0.717) is 0 Å². The van der Waals surface area contributed by atoms with E-state index in [1.807, 2.05) is 0 Å². The number of hydrogen-bond acceptors (Lipinski definition) is 0. The maximum atomic E-state index is 2.37. The van der Waals surface area contributed by atoms with E-state index in [1.54, 1.807) is 19.3 Å². The van der Waals surface area contributed by atoms with Crippen LogP contribution in [0.5, 0.6) is 0 Å². The molecule has 0 heteroatoms. The van der Waals surface area contributed by atoms with E-state index in [2.05, 4.69) is 6.92 Å². The fourth-order valence-electron chi connectivity index (χ4n) is 3.80. The van der Waals surface area contributed by atoms with E-state index in [4.69, 9.17) is 0 Å². The van der Waals surface area contributed by atoms with Gasteiger partial charge >= 0.3 is 0 Å². The van der Waals surface area contributed by atoms with E-state index in [-0.39, 0.29) is 0 Å². The number of fused-ring (bicyclic) bond motifs is 4. The van der Waals surface area contributed by atoms with E-state index in [9.17, 15) is 0 Å². The highest BCUT2D eigenvalue weighted by Crippen LogP contribution is 2.69. The minimum atomic E-state index is 1.16. The topological polar surface area (TPSA) is 0 Å². The van der Waals surface area contributed by atoms with Gasteiger partial charge in [0, 0.05) is 0 Å². The molecule has 0 N–H and O–H groups in total. The van der Waals surface area contributed by atoms with Crippen molar-refractivity contribution in [2.45, 2.75) is 32.6 Å². The van der Waals surface area contributed by atoms with Gasteiger partial charge in [0.05, 0.1) is 0 Å². The summed E-state index contributed by atoms with van der Waals surface area (Å²) in [7, 11) is 0. The van der Waals surface area contributed by atoms with Gasteiger partial charge in [-0.3, -0.25) is 0 Å². The lowest BCUT2D eigenvalue weighted by Gasteiger charge is -2.69. The lowest BCUT2D eigenvalue weighted by Crippen LogP contribution is -2.62. The van der Waals surface area contributed by atoms with Crippen molar-refractivity contribution in [3.63, 3.8) is 0 Å². The average Bonchev–Trinajstić information content (AvgIpc) is 1.89. The first-order chi connectivity index (χ1) is 4.92. The van der Waals surface area contributed by atoms with Gasteiger partial charge < -0.3 is 0 Å². The molecule has 0 aliphatic heterocycles. The van der Waals surface area contributed by atoms with Gasteiger partial charge in [0.15, 0.2) is 0 Å². The normalized spacial score (nSPS) is 62.7. The summed E-state index contributed by atoms with van der Waals surface area (Å²) in [6.07, 6.45) is 6.23. The molecule has 0 aromatic carbocycles. The molecule has 3 saturated carbocycles. The molecule has 10 heavy (non-hydrogen) atoms. The molecule has 0 aromatic heterocycles. The van der Waals surface area contributed by atoms with Crippen molar-refractivity contribution in [3.8, 4) is 0 Å². The van der Waals surface area contributed by atoms with Crippen molar-refractivity contribution in [2.75, 3.05) is 0 Å². The Bertz CT molecular complexity index is 149. The zero-order valence-corrected chi connectivity index (χ0v) is 6.72. The quantitative estimate of drug-likeness (QED) is 0.520. The molecule has 0 spiro atoms. The molecule has 0 aromatic rings. The maximum absolute atomic E-state index is 2.37. The summed E-state index contributed by atoms with van der Waals surface area (Å²) in [6.45, 7) is 2.37. The van der Waals surface area contributed by atoms with Gasteiger partial charge in [0.2, 0.25) is 0 Å². The van der Waals surface area contributed by atoms with Crippen LogP contribution < -0.4 is 0 Å². The molecule has 5 atom stereocenters. The van der Waals surface area contributed by atoms with Crippen LogP contribution in [0.1, 0.15) is 32.6 Å². The van der Waals surface area contributed by atoms with Gasteiger partial charge in [-0.15, -0.1) is 0 Å². The van der Waals surface area contributed by atoms with Gasteiger partial charge in [-0.1, -0.05) is 13.3 Å². The molecule has 3 aliphatic carbocycles. The fraction of sp³-hybridized carbons (Fsp3) is 1.00. The molecule has 0 radical (unpaired) electrons. The fourth-order valence-corrected chi connectivity index (χ4v) is 3.80. The van der Waals surface area contributed by atoms with Gasteiger partial charge in [-0.05, 0) is 48.9 Å². The van der Waals surface area contributed by atoms with E-state index in [0.717, 1.165) is 5.92 Å². The highest BCUT2D eigenvalue weighted by Gasteiger charge is 2.62. The molecular weight excluding hydrogens is 120 g/mol. The highest BCUT2D eigenvalue weighted by molar-refractivity contribution is 5.11. The van der Waals surface area contributed by atoms with Crippen molar-refractivity contribution < 1.29 is 0 Å². The predicted octanol–water partition coefficient (Wildman–Crippen LogP) is 2.69. The second-order valence-corrected chi connectivity index (χ2v) is 4.55. The lowest BCUT2D eigenvalue weighted by molar-refractivity contribution is -0.206. The first-order valence-corrected chi connectivity index (χ1v) is 4.92. The number of rotatable bonds is 1. The minimum absolute atomic E-state index is 1.16. The van der Waals surface area contributed by atoms with Crippen LogP contribution in [0.25, 0.3) is 0 Å². The highest BCUT2D eigenvalue weighted by atomic mass is 14.7. The second-order valence-electron chi connectivity index (χ2n) is 4.55. The first-order valence-electron chi connectivity index (χ1n) is 4.92. The molecule has 3 fully saturated rings. The van der Waals surface area contributed by atoms with Gasteiger partial charge in [0.1, 0.15) is 0 Å². The van der Waals surface area contributed by atoms with Crippen LogP contribution >= 0.6 is 0 Å². The monoisotopic (exact) mass is 136 g/mol. The Hall–Kier alpha value is 0. The summed E-state index contributed by atoms with van der Waals surface area (Å²) < 4.78 is 0. The van der Waals surface area contributed by atoms with Gasteiger partial charge in [-0.2, -0.15) is 0 Å². The van der Waals surface area contributed by atoms with Crippen molar-refractivity contribution in [2.24, 2.45) is 29.6 Å². The van der Waals surface area contributed by atoms with Crippen LogP contribution in [0.15, 0.2) is 0 Å². The Morgan fingerprint density at radius 1 is 1.10 bits per heavy atom. The van der Waals surface area contributed by atoms with Gasteiger partial charge in [0.25, 0.3) is 0 Å². The Labute approximate surface area is 63.0 Å². The standard InChI is InChI=1S/C10H16/c1-2-6-5-9-7-3-4-8(7)10(6)9/h6-10H,2-5H2,1H3. The van der Waals surface area contributed by atoms with Crippen molar-refractivity contribution in [1.82, 2.24) is 0 Å². The molecule has 5 unspecified atom stereocenters. The SMILES string of the molecule is CCC1CC2C3CCC3C12. The Kier molecular flexibility index (Phi) is 0.898. The van der Waals surface area contributed by atoms with Gasteiger partial charge in [-0.25, -0.2) is 0 Å². The third-order valence-corrected chi connectivity index (χ3v) is 4.57. The van der Waals surface area contributed by atoms with Crippen LogP contribution in [0.3, 0.4) is 0 Å². The summed E-state index contributed by atoms with van der Waals surface area (Å²) in [5.74, 6) is 6.07. The van der Waals surface area contributed by atoms with Crippen molar-refractivity contribution in [1.29, 1.82) is 0 Å². The van der Waals surface area contributed by atoms with E-state index >= 15 is 0 Å². The molecule has 0 saturated heterocycles. The largest absolute Gasteiger partial charge is 0.0651 e. The number of hydrogen-bond donors (Lipinski definition) is 0. The smallest absolute Gasteiger partial charge is 0.0323 e. The molecule has 3 aliphatic rings. The molecule has 0 bridgehead atoms. The molecule has 56 valence electrons. The zero-order valence-electron chi connectivity index (χ0n) is 6.72. The van der Waals surface area contributed by atoms with Crippen molar-refractivity contribution in [3.05, 3.63) is 0 Å². The summed E-state index contributed by atoms with van der Waals surface area (Å²) >= 11 is 0.